The molecular weight excluding hydrogens is 446 g/mol. The van der Waals surface area contributed by atoms with Gasteiger partial charge in [0.15, 0.2) is 0 Å². The molecule has 4 heterocycles. The van der Waals surface area contributed by atoms with Crippen molar-refractivity contribution in [2.24, 2.45) is 11.8 Å². The van der Waals surface area contributed by atoms with Crippen molar-refractivity contribution in [3.05, 3.63) is 58.1 Å². The third-order valence-corrected chi connectivity index (χ3v) is 7.91. The van der Waals surface area contributed by atoms with Crippen molar-refractivity contribution in [2.75, 3.05) is 16.8 Å². The minimum absolute atomic E-state index is 0.101. The number of hydrogen-bond donors (Lipinski definition) is 1. The van der Waals surface area contributed by atoms with Crippen molar-refractivity contribution in [2.45, 2.75) is 31.3 Å². The molecule has 6 nitrogen and oxygen atoms in total. The van der Waals surface area contributed by atoms with Gasteiger partial charge in [0, 0.05) is 21.8 Å². The maximum Gasteiger partial charge on any atom is 0.250 e. The summed E-state index contributed by atoms with van der Waals surface area (Å²) in [4.78, 5) is 44.5. The minimum Gasteiger partial charge on any atom is -0.324 e. The summed E-state index contributed by atoms with van der Waals surface area (Å²) in [5.74, 6) is -1.89. The quantitative estimate of drug-likeness (QED) is 0.656. The molecule has 4 aliphatic heterocycles. The number of anilines is 2. The Hall–Kier alpha value is -2.51. The van der Waals surface area contributed by atoms with Gasteiger partial charge in [0.2, 0.25) is 17.7 Å². The van der Waals surface area contributed by atoms with E-state index in [0.29, 0.717) is 16.7 Å². The topological polar surface area (TPSA) is 69.7 Å². The summed E-state index contributed by atoms with van der Waals surface area (Å²) in [6.07, 6.45) is 1.74. The first-order valence-electron chi connectivity index (χ1n) is 10.3. The monoisotopic (exact) mass is 465 g/mol. The third kappa shape index (κ3) is 2.00. The molecule has 0 aromatic heterocycles. The van der Waals surface area contributed by atoms with E-state index >= 15 is 0 Å². The highest BCUT2D eigenvalue weighted by atomic mass is 79.9. The molecule has 1 N–H and O–H groups in total. The Bertz CT molecular complexity index is 1150. The number of rotatable bonds is 1. The molecule has 4 atom stereocenters. The zero-order valence-corrected chi connectivity index (χ0v) is 18.0. The number of amides is 3. The van der Waals surface area contributed by atoms with Crippen molar-refractivity contribution in [1.82, 2.24) is 4.90 Å². The Labute approximate surface area is 182 Å². The molecule has 0 aliphatic carbocycles. The van der Waals surface area contributed by atoms with Gasteiger partial charge < -0.3 is 5.32 Å². The van der Waals surface area contributed by atoms with E-state index in [0.717, 1.165) is 29.7 Å². The zero-order chi connectivity index (χ0) is 20.8. The van der Waals surface area contributed by atoms with Crippen molar-refractivity contribution < 1.29 is 14.4 Å². The van der Waals surface area contributed by atoms with Crippen LogP contribution in [0.5, 0.6) is 0 Å². The minimum atomic E-state index is -1.12. The fourth-order valence-electron chi connectivity index (χ4n) is 6.19. The van der Waals surface area contributed by atoms with Gasteiger partial charge in [0.05, 0.1) is 17.5 Å². The highest BCUT2D eigenvalue weighted by molar-refractivity contribution is 9.10. The van der Waals surface area contributed by atoms with Gasteiger partial charge in [-0.1, -0.05) is 29.8 Å². The molecule has 7 heteroatoms. The van der Waals surface area contributed by atoms with Crippen LogP contribution in [0.25, 0.3) is 0 Å². The molecule has 2 aromatic carbocycles. The summed E-state index contributed by atoms with van der Waals surface area (Å²) < 4.78 is 0.691. The van der Waals surface area contributed by atoms with Gasteiger partial charge in [-0.15, -0.1) is 0 Å². The molecule has 3 amide bonds. The van der Waals surface area contributed by atoms with Gasteiger partial charge in [-0.05, 0) is 60.4 Å². The van der Waals surface area contributed by atoms with Crippen LogP contribution in [0.3, 0.4) is 0 Å². The number of aryl methyl sites for hydroxylation is 1. The van der Waals surface area contributed by atoms with Crippen LogP contribution in [0.4, 0.5) is 11.4 Å². The van der Waals surface area contributed by atoms with Crippen LogP contribution in [0, 0.1) is 18.8 Å². The van der Waals surface area contributed by atoms with Crippen LogP contribution in [0.15, 0.2) is 46.9 Å². The number of halogens is 1. The van der Waals surface area contributed by atoms with E-state index in [4.69, 9.17) is 0 Å². The lowest BCUT2D eigenvalue weighted by atomic mass is 9.75. The second-order valence-corrected chi connectivity index (χ2v) is 9.49. The fraction of sp³-hybridized carbons (Fsp3) is 0.348. The van der Waals surface area contributed by atoms with E-state index in [-0.39, 0.29) is 23.8 Å². The van der Waals surface area contributed by atoms with E-state index in [2.05, 4.69) is 26.1 Å². The second kappa shape index (κ2) is 6.02. The molecule has 6 rings (SSSR count). The van der Waals surface area contributed by atoms with Crippen LogP contribution in [0.2, 0.25) is 0 Å². The van der Waals surface area contributed by atoms with Crippen LogP contribution < -0.4 is 10.2 Å². The molecule has 2 aromatic rings. The number of benzene rings is 2. The molecular formula is C23H20BrN3O3. The van der Waals surface area contributed by atoms with Gasteiger partial charge in [-0.2, -0.15) is 0 Å². The van der Waals surface area contributed by atoms with Crippen LogP contribution >= 0.6 is 15.9 Å². The van der Waals surface area contributed by atoms with E-state index in [1.165, 1.54) is 4.90 Å². The lowest BCUT2D eigenvalue weighted by molar-refractivity contribution is -0.135. The van der Waals surface area contributed by atoms with Crippen molar-refractivity contribution in [3.8, 4) is 0 Å². The van der Waals surface area contributed by atoms with E-state index < -0.39 is 17.4 Å². The first-order valence-corrected chi connectivity index (χ1v) is 11.1. The van der Waals surface area contributed by atoms with Gasteiger partial charge in [-0.25, -0.2) is 4.90 Å². The maximum atomic E-state index is 13.9. The van der Waals surface area contributed by atoms with Gasteiger partial charge >= 0.3 is 0 Å². The summed E-state index contributed by atoms with van der Waals surface area (Å²) in [6, 6.07) is 13.0. The molecule has 1 spiro atoms. The number of fused-ring (bicyclic) bond motifs is 7. The number of carbonyl (C=O) groups excluding carboxylic acids is 3. The molecule has 0 unspecified atom stereocenters. The van der Waals surface area contributed by atoms with E-state index in [1.54, 1.807) is 6.07 Å². The first-order chi connectivity index (χ1) is 14.5. The van der Waals surface area contributed by atoms with Crippen molar-refractivity contribution >= 4 is 45.0 Å². The number of imide groups is 1. The molecule has 0 saturated carbocycles. The zero-order valence-electron chi connectivity index (χ0n) is 16.4. The predicted octanol–water partition coefficient (Wildman–Crippen LogP) is 3.19. The van der Waals surface area contributed by atoms with E-state index in [9.17, 15) is 14.4 Å². The number of carbonyl (C=O) groups is 3. The first kappa shape index (κ1) is 18.3. The molecule has 0 bridgehead atoms. The summed E-state index contributed by atoms with van der Waals surface area (Å²) in [6.45, 7) is 2.70. The molecule has 3 saturated heterocycles. The second-order valence-electron chi connectivity index (χ2n) is 8.64. The Morgan fingerprint density at radius 1 is 1.10 bits per heavy atom. The molecule has 0 radical (unpaired) electrons. The normalized spacial score (nSPS) is 32.0. The molecule has 4 aliphatic rings. The van der Waals surface area contributed by atoms with Crippen LogP contribution in [0.1, 0.15) is 24.0 Å². The summed E-state index contributed by atoms with van der Waals surface area (Å²) >= 11 is 3.48. The average molecular weight is 466 g/mol. The summed E-state index contributed by atoms with van der Waals surface area (Å²) in [7, 11) is 0. The van der Waals surface area contributed by atoms with Gasteiger partial charge in [0.25, 0.3) is 0 Å². The van der Waals surface area contributed by atoms with Crippen molar-refractivity contribution in [3.63, 3.8) is 0 Å². The Kier molecular flexibility index (Phi) is 3.66. The number of hydrogen-bond acceptors (Lipinski definition) is 4. The Morgan fingerprint density at radius 3 is 2.70 bits per heavy atom. The lowest BCUT2D eigenvalue weighted by Crippen LogP contribution is -2.54. The number of nitrogens with one attached hydrogen (secondary N) is 1. The highest BCUT2D eigenvalue weighted by Crippen LogP contribution is 2.60. The predicted molar refractivity (Wildman–Crippen MR) is 115 cm³/mol. The Morgan fingerprint density at radius 2 is 1.90 bits per heavy atom. The number of nitrogens with zero attached hydrogens (tertiary/aromatic N) is 2. The summed E-state index contributed by atoms with van der Waals surface area (Å²) in [5, 5.41) is 3.01. The Balaban J connectivity index is 1.58. The van der Waals surface area contributed by atoms with E-state index in [1.807, 2.05) is 43.3 Å². The summed E-state index contributed by atoms with van der Waals surface area (Å²) in [5.41, 5.74) is 2.04. The molecule has 3 fully saturated rings. The fourth-order valence-corrected chi connectivity index (χ4v) is 6.65. The largest absolute Gasteiger partial charge is 0.324 e. The maximum absolute atomic E-state index is 13.9. The van der Waals surface area contributed by atoms with Gasteiger partial charge in [-0.3, -0.25) is 19.3 Å². The third-order valence-electron chi connectivity index (χ3n) is 7.24. The smallest absolute Gasteiger partial charge is 0.250 e. The van der Waals surface area contributed by atoms with Gasteiger partial charge in [0.1, 0.15) is 5.54 Å². The van der Waals surface area contributed by atoms with Crippen LogP contribution in [-0.4, -0.2) is 35.2 Å². The van der Waals surface area contributed by atoms with Crippen molar-refractivity contribution in [1.29, 1.82) is 0 Å². The number of para-hydroxylation sites is 1. The average Bonchev–Trinajstić information content (AvgIpc) is 3.42. The lowest BCUT2D eigenvalue weighted by Gasteiger charge is -2.36. The highest BCUT2D eigenvalue weighted by Gasteiger charge is 2.74. The SMILES string of the molecule is Cc1ccc2c(c1)[C@]1(C(=O)N2)[C@@H]2C(=O)N(c3ccccc3Br)C(=O)[C@@H]2[C@@H]2CCCN21. The molecule has 152 valence electrons. The standard InChI is InChI=1S/C23H20BrN3O3/c1-12-8-9-15-13(11-12)23(22(30)25-15)19-18(17-7-4-10-26(17)23)20(28)27(21(19)29)16-6-3-2-5-14(16)24/h2-3,5-6,8-9,11,17-19H,4,7,10H2,1H3,(H,25,30)/t17-,18+,19-,23+/m0/s1. The molecule has 30 heavy (non-hydrogen) atoms. The van der Waals surface area contributed by atoms with Crippen LogP contribution in [-0.2, 0) is 19.9 Å².